The van der Waals surface area contributed by atoms with Crippen LogP contribution in [0.1, 0.15) is 36.6 Å². The van der Waals surface area contributed by atoms with Crippen molar-refractivity contribution < 1.29 is 4.79 Å². The van der Waals surface area contributed by atoms with Crippen LogP contribution in [0.2, 0.25) is 0 Å². The first-order valence-corrected chi connectivity index (χ1v) is 10.4. The zero-order valence-electron chi connectivity index (χ0n) is 16.1. The van der Waals surface area contributed by atoms with Crippen LogP contribution in [0.4, 0.5) is 0 Å². The van der Waals surface area contributed by atoms with Gasteiger partial charge < -0.3 is 10.2 Å². The Kier molecular flexibility index (Phi) is 7.27. The monoisotopic (exact) mass is 420 g/mol. The van der Waals surface area contributed by atoms with Crippen molar-refractivity contribution in [2.45, 2.75) is 31.7 Å². The summed E-state index contributed by atoms with van der Waals surface area (Å²) in [6.45, 7) is 5.90. The second-order valence-corrected chi connectivity index (χ2v) is 8.19. The lowest BCUT2D eigenvalue weighted by Gasteiger charge is -2.26. The van der Waals surface area contributed by atoms with Crippen molar-refractivity contribution in [3.05, 3.63) is 51.8 Å². The summed E-state index contributed by atoms with van der Waals surface area (Å²) >= 11 is 12.2. The van der Waals surface area contributed by atoms with Crippen LogP contribution < -0.4 is 5.32 Å². The van der Waals surface area contributed by atoms with Crippen molar-refractivity contribution in [1.29, 1.82) is 0 Å². The summed E-state index contributed by atoms with van der Waals surface area (Å²) < 4.78 is 0. The average Bonchev–Trinajstić information content (AvgIpc) is 3.15. The van der Waals surface area contributed by atoms with Crippen molar-refractivity contribution in [2.24, 2.45) is 10.9 Å². The number of amides is 1. The molecule has 2 heterocycles. The minimum Gasteiger partial charge on any atom is -0.338 e. The lowest BCUT2D eigenvalue weighted by Crippen LogP contribution is -2.34. The number of aromatic nitrogens is 1. The number of pyridine rings is 1. The van der Waals surface area contributed by atoms with Gasteiger partial charge in [0.25, 0.3) is 5.91 Å². The maximum Gasteiger partial charge on any atom is 0.256 e. The van der Waals surface area contributed by atoms with Crippen molar-refractivity contribution in [3.8, 4) is 0 Å². The number of carbonyl (C=O) groups excluding carboxylic acids is 1. The van der Waals surface area contributed by atoms with Crippen molar-refractivity contribution in [2.75, 3.05) is 26.7 Å². The van der Waals surface area contributed by atoms with Crippen LogP contribution in [0.3, 0.4) is 0 Å². The third-order valence-corrected chi connectivity index (χ3v) is 5.86. The van der Waals surface area contributed by atoms with Crippen LogP contribution in [0.25, 0.3) is 0 Å². The molecule has 0 saturated carbocycles. The van der Waals surface area contributed by atoms with Crippen molar-refractivity contribution in [3.63, 3.8) is 0 Å². The summed E-state index contributed by atoms with van der Waals surface area (Å²) in [7, 11) is 1.59. The smallest absolute Gasteiger partial charge is 0.256 e. The first-order valence-electron chi connectivity index (χ1n) is 9.64. The molecule has 0 bridgehead atoms. The second kappa shape index (κ2) is 9.68. The molecule has 2 atom stereocenters. The number of hydrogen-bond acceptors (Lipinski definition) is 4. The molecule has 150 valence electrons. The van der Waals surface area contributed by atoms with E-state index < -0.39 is 0 Å². The molecule has 5 nitrogen and oxygen atoms in total. The van der Waals surface area contributed by atoms with Crippen LogP contribution in [0, 0.1) is 5.92 Å². The number of hydrogen-bond donors (Lipinski definition) is 1. The van der Waals surface area contributed by atoms with Gasteiger partial charge >= 0.3 is 0 Å². The molecule has 2 aliphatic rings. The van der Waals surface area contributed by atoms with E-state index in [1.807, 2.05) is 12.3 Å². The van der Waals surface area contributed by atoms with Gasteiger partial charge in [-0.2, -0.15) is 0 Å². The van der Waals surface area contributed by atoms with Gasteiger partial charge in [0.05, 0.1) is 16.3 Å². The molecule has 1 aliphatic heterocycles. The highest BCUT2D eigenvalue weighted by atomic mass is 35.5. The fourth-order valence-corrected chi connectivity index (χ4v) is 4.51. The Morgan fingerprint density at radius 2 is 2.29 bits per heavy atom. The summed E-state index contributed by atoms with van der Waals surface area (Å²) in [5, 5.41) is 4.03. The molecule has 1 fully saturated rings. The summed E-state index contributed by atoms with van der Waals surface area (Å²) in [4.78, 5) is 23.1. The molecule has 0 aromatic carbocycles. The second-order valence-electron chi connectivity index (χ2n) is 7.32. The van der Waals surface area contributed by atoms with Gasteiger partial charge in [-0.1, -0.05) is 35.8 Å². The minimum absolute atomic E-state index is 0.140. The Morgan fingerprint density at radius 1 is 1.46 bits per heavy atom. The number of likely N-dealkylation sites (tertiary alicyclic amines) is 1. The SMILES string of the molecule is C=C(Cl)/C(C(=O)N1CCC(CNC2CCCc3cccnc32)C1)=C(Cl)\C=N/C. The Morgan fingerprint density at radius 3 is 3.04 bits per heavy atom. The number of nitrogens with zero attached hydrogens (tertiary/aromatic N) is 3. The lowest BCUT2D eigenvalue weighted by molar-refractivity contribution is -0.125. The van der Waals surface area contributed by atoms with E-state index in [1.54, 1.807) is 11.9 Å². The summed E-state index contributed by atoms with van der Waals surface area (Å²) in [5.41, 5.74) is 2.75. The molecular weight excluding hydrogens is 395 g/mol. The summed E-state index contributed by atoms with van der Waals surface area (Å²) in [5.74, 6) is 0.207. The van der Waals surface area contributed by atoms with Crippen LogP contribution in [0.15, 0.2) is 45.5 Å². The molecule has 1 aromatic rings. The van der Waals surface area contributed by atoms with E-state index in [0.29, 0.717) is 25.0 Å². The average molecular weight is 421 g/mol. The molecule has 1 N–H and O–H groups in total. The lowest BCUT2D eigenvalue weighted by atomic mass is 9.91. The van der Waals surface area contributed by atoms with E-state index in [4.69, 9.17) is 23.2 Å². The van der Waals surface area contributed by atoms with Gasteiger partial charge in [0.1, 0.15) is 0 Å². The highest BCUT2D eigenvalue weighted by Crippen LogP contribution is 2.29. The highest BCUT2D eigenvalue weighted by molar-refractivity contribution is 6.45. The number of rotatable bonds is 6. The maximum atomic E-state index is 12.9. The van der Waals surface area contributed by atoms with Gasteiger partial charge in [-0.25, -0.2) is 0 Å². The Hall–Kier alpha value is -1.69. The standard InChI is InChI=1S/C21H26Cl2N4O/c1-14(22)19(17(23)12-24-2)21(28)27-10-8-15(13-27)11-26-18-7-3-5-16-6-4-9-25-20(16)18/h4,6,9,12,15,18,26H,1,3,5,7-8,10-11,13H2,2H3/b19-17-,24-12-. The number of aliphatic imine (C=N–C) groups is 1. The molecule has 0 spiro atoms. The quantitative estimate of drug-likeness (QED) is 0.431. The summed E-state index contributed by atoms with van der Waals surface area (Å²) in [6, 6.07) is 4.47. The molecule has 28 heavy (non-hydrogen) atoms. The molecule has 1 aromatic heterocycles. The molecule has 0 radical (unpaired) electrons. The third kappa shape index (κ3) is 4.83. The Balaban J connectivity index is 1.59. The number of carbonyl (C=O) groups is 1. The van der Waals surface area contributed by atoms with E-state index in [-0.39, 0.29) is 21.5 Å². The largest absolute Gasteiger partial charge is 0.338 e. The van der Waals surface area contributed by atoms with Gasteiger partial charge in [0.15, 0.2) is 0 Å². The van der Waals surface area contributed by atoms with Crippen molar-refractivity contribution in [1.82, 2.24) is 15.2 Å². The first-order chi connectivity index (χ1) is 13.5. The molecule has 1 aliphatic carbocycles. The maximum absolute atomic E-state index is 12.9. The van der Waals surface area contributed by atoms with Gasteiger partial charge in [0, 0.05) is 50.2 Å². The molecule has 7 heteroatoms. The van der Waals surface area contributed by atoms with E-state index in [2.05, 4.69) is 27.9 Å². The Labute approximate surface area is 176 Å². The number of allylic oxidation sites excluding steroid dienone is 1. The summed E-state index contributed by atoms with van der Waals surface area (Å²) in [6.07, 6.45) is 7.61. The van der Waals surface area contributed by atoms with Crippen LogP contribution >= 0.6 is 23.2 Å². The molecule has 1 saturated heterocycles. The molecular formula is C21H26Cl2N4O. The first kappa shape index (κ1) is 21.0. The van der Waals surface area contributed by atoms with E-state index >= 15 is 0 Å². The predicted molar refractivity (Wildman–Crippen MR) is 115 cm³/mol. The topological polar surface area (TPSA) is 57.6 Å². The number of aryl methyl sites for hydroxylation is 1. The van der Waals surface area contributed by atoms with Gasteiger partial charge in [-0.05, 0) is 43.2 Å². The van der Waals surface area contributed by atoms with E-state index in [9.17, 15) is 4.79 Å². The van der Waals surface area contributed by atoms with Crippen LogP contribution in [0.5, 0.6) is 0 Å². The van der Waals surface area contributed by atoms with Gasteiger partial charge in [0.2, 0.25) is 0 Å². The zero-order valence-corrected chi connectivity index (χ0v) is 17.6. The van der Waals surface area contributed by atoms with Crippen LogP contribution in [-0.2, 0) is 11.2 Å². The minimum atomic E-state index is -0.183. The van der Waals surface area contributed by atoms with E-state index in [0.717, 1.165) is 25.8 Å². The third-order valence-electron chi connectivity index (χ3n) is 5.39. The fourth-order valence-electron chi connectivity index (χ4n) is 3.98. The van der Waals surface area contributed by atoms with Crippen molar-refractivity contribution >= 4 is 35.3 Å². The Bertz CT molecular complexity index is 805. The van der Waals surface area contributed by atoms with Gasteiger partial charge in [-0.3, -0.25) is 14.8 Å². The van der Waals surface area contributed by atoms with Crippen LogP contribution in [-0.4, -0.2) is 48.7 Å². The van der Waals surface area contributed by atoms with E-state index in [1.165, 1.54) is 23.9 Å². The molecule has 2 unspecified atom stereocenters. The number of halogens is 2. The zero-order chi connectivity index (χ0) is 20.1. The number of fused-ring (bicyclic) bond motifs is 1. The molecule has 3 rings (SSSR count). The highest BCUT2D eigenvalue weighted by Gasteiger charge is 2.31. The normalized spacial score (nSPS) is 22.9. The molecule has 1 amide bonds. The van der Waals surface area contributed by atoms with Gasteiger partial charge in [-0.15, -0.1) is 0 Å². The number of nitrogens with one attached hydrogen (secondary N) is 1. The predicted octanol–water partition coefficient (Wildman–Crippen LogP) is 3.84. The fraction of sp³-hybridized carbons (Fsp3) is 0.476.